The molecule has 2 aromatic rings. The number of allylic oxidation sites excluding steroid dienone is 1. The zero-order chi connectivity index (χ0) is 27.7. The van der Waals surface area contributed by atoms with Crippen LogP contribution >= 0.6 is 0 Å². The van der Waals surface area contributed by atoms with Gasteiger partial charge in [-0.3, -0.25) is 9.89 Å². The fourth-order valence-corrected chi connectivity index (χ4v) is 6.25. The molecule has 11 heteroatoms. The van der Waals surface area contributed by atoms with Crippen molar-refractivity contribution in [2.24, 2.45) is 10.9 Å². The molecule has 0 aliphatic carbocycles. The largest absolute Gasteiger partial charge is 0.441 e. The van der Waals surface area contributed by atoms with E-state index >= 15 is 0 Å². The molecule has 2 atom stereocenters. The van der Waals surface area contributed by atoms with Gasteiger partial charge in [0.25, 0.3) is 0 Å². The minimum Gasteiger partial charge on any atom is -0.441 e. The number of carbonyl (C=O) groups is 1. The molecular formula is C29H39FN6O4. The second-order valence-electron chi connectivity index (χ2n) is 11.3. The number of piperidine rings is 1. The molecule has 6 heterocycles. The summed E-state index contributed by atoms with van der Waals surface area (Å²) in [7, 11) is 1.79. The first-order valence-corrected chi connectivity index (χ1v) is 14.3. The van der Waals surface area contributed by atoms with Gasteiger partial charge in [0, 0.05) is 82.8 Å². The average Bonchev–Trinajstić information content (AvgIpc) is 3.43. The quantitative estimate of drug-likeness (QED) is 0.521. The van der Waals surface area contributed by atoms with E-state index in [0.717, 1.165) is 61.5 Å². The third kappa shape index (κ3) is 5.22. The number of methoxy groups -OCH3 is 1. The van der Waals surface area contributed by atoms with Crippen molar-refractivity contribution in [2.45, 2.75) is 37.5 Å². The first kappa shape index (κ1) is 27.2. The van der Waals surface area contributed by atoms with Gasteiger partial charge in [0.05, 0.1) is 35.7 Å². The van der Waals surface area contributed by atoms with Gasteiger partial charge in [0.2, 0.25) is 0 Å². The van der Waals surface area contributed by atoms with E-state index in [1.165, 1.54) is 0 Å². The van der Waals surface area contributed by atoms with E-state index in [1.807, 2.05) is 29.9 Å². The maximum Gasteiger partial charge on any atom is 0.410 e. The van der Waals surface area contributed by atoms with Gasteiger partial charge in [-0.2, -0.15) is 5.10 Å². The van der Waals surface area contributed by atoms with E-state index in [-0.39, 0.29) is 36.4 Å². The van der Waals surface area contributed by atoms with Crippen molar-refractivity contribution in [3.05, 3.63) is 42.2 Å². The van der Waals surface area contributed by atoms with Crippen LogP contribution in [0.5, 0.6) is 0 Å². The van der Waals surface area contributed by atoms with Crippen LogP contribution in [0.2, 0.25) is 0 Å². The summed E-state index contributed by atoms with van der Waals surface area (Å²) in [6, 6.07) is 4.13. The summed E-state index contributed by atoms with van der Waals surface area (Å²) < 4.78 is 31.8. The molecule has 0 radical (unpaired) electrons. The van der Waals surface area contributed by atoms with E-state index < -0.39 is 0 Å². The Labute approximate surface area is 234 Å². The number of alkyl halides is 1. The fraction of sp³-hybridized carbons (Fsp3) is 0.621. The van der Waals surface area contributed by atoms with Gasteiger partial charge in [-0.1, -0.05) is 6.08 Å². The Morgan fingerprint density at radius 3 is 2.60 bits per heavy atom. The highest BCUT2D eigenvalue weighted by Crippen LogP contribution is 2.36. The molecule has 6 rings (SSSR count). The predicted octanol–water partition coefficient (Wildman–Crippen LogP) is 2.81. The zero-order valence-electron chi connectivity index (χ0n) is 23.4. The third-order valence-electron chi connectivity index (χ3n) is 9.05. The Hall–Kier alpha value is -3.02. The first-order valence-electron chi connectivity index (χ1n) is 14.3. The number of aromatic nitrogens is 2. The van der Waals surface area contributed by atoms with Gasteiger partial charge in [-0.15, -0.1) is 0 Å². The summed E-state index contributed by atoms with van der Waals surface area (Å²) in [5, 5.41) is 4.55. The lowest BCUT2D eigenvalue weighted by Gasteiger charge is -2.46. The molecule has 1 amide bonds. The molecule has 2 unspecified atom stereocenters. The zero-order valence-corrected chi connectivity index (χ0v) is 23.4. The van der Waals surface area contributed by atoms with Crippen LogP contribution in [-0.2, 0) is 14.2 Å². The molecule has 0 aromatic carbocycles. The van der Waals surface area contributed by atoms with Crippen LogP contribution in [0, 0.1) is 5.92 Å². The topological polar surface area (TPSA) is 84.1 Å². The van der Waals surface area contributed by atoms with Crippen molar-refractivity contribution in [1.29, 1.82) is 0 Å². The highest BCUT2D eigenvalue weighted by Gasteiger charge is 2.42. The van der Waals surface area contributed by atoms with Crippen molar-refractivity contribution >= 4 is 23.0 Å². The van der Waals surface area contributed by atoms with Gasteiger partial charge in [-0.25, -0.2) is 13.7 Å². The molecule has 2 aromatic heterocycles. The molecule has 3 fully saturated rings. The van der Waals surface area contributed by atoms with Crippen molar-refractivity contribution in [3.63, 3.8) is 0 Å². The molecule has 4 aliphatic heterocycles. The molecule has 0 spiro atoms. The summed E-state index contributed by atoms with van der Waals surface area (Å²) in [5.41, 5.74) is 3.81. The molecule has 40 heavy (non-hydrogen) atoms. The van der Waals surface area contributed by atoms with Crippen LogP contribution in [0.4, 0.5) is 14.9 Å². The minimum absolute atomic E-state index is 0.0447. The molecule has 0 N–H and O–H groups in total. The van der Waals surface area contributed by atoms with Crippen molar-refractivity contribution in [3.8, 4) is 0 Å². The standard InChI is InChI=1S/C29H39FN6O4/c1-21(16-30)33-9-6-29(38-2,7-10-33)23-3-4-25(31-17-23)22-15-27-26(5-8-32-36(27)18-22)34-11-13-35(14-12-34)28(37)40-24-19-39-20-24/h3-5,8,15,18,21,23-24H,6-7,9-14,16-17,19-20H2,1-2H3. The number of anilines is 1. The first-order chi connectivity index (χ1) is 19.5. The third-order valence-corrected chi connectivity index (χ3v) is 9.05. The number of ether oxygens (including phenoxy) is 3. The molecule has 0 bridgehead atoms. The number of likely N-dealkylation sites (tertiary alicyclic amines) is 1. The van der Waals surface area contributed by atoms with E-state index in [2.05, 4.69) is 33.1 Å². The maximum atomic E-state index is 13.2. The van der Waals surface area contributed by atoms with Gasteiger partial charge < -0.3 is 24.0 Å². The van der Waals surface area contributed by atoms with Crippen LogP contribution in [0.25, 0.3) is 5.52 Å². The highest BCUT2D eigenvalue weighted by molar-refractivity contribution is 6.10. The normalized spacial score (nSPS) is 24.6. The van der Waals surface area contributed by atoms with Gasteiger partial charge in [0.15, 0.2) is 6.10 Å². The summed E-state index contributed by atoms with van der Waals surface area (Å²) in [6.07, 6.45) is 9.57. The van der Waals surface area contributed by atoms with Crippen LogP contribution in [0.15, 0.2) is 41.7 Å². The monoisotopic (exact) mass is 554 g/mol. The summed E-state index contributed by atoms with van der Waals surface area (Å²) in [5.74, 6) is 0.189. The fourth-order valence-electron chi connectivity index (χ4n) is 6.25. The number of aliphatic imine (C=N–C) groups is 1. The Kier molecular flexibility index (Phi) is 7.78. The molecular weight excluding hydrogens is 515 g/mol. The molecule has 216 valence electrons. The number of dihydropyridines is 1. The highest BCUT2D eigenvalue weighted by atomic mass is 19.1. The maximum absolute atomic E-state index is 13.2. The Morgan fingerprint density at radius 2 is 1.98 bits per heavy atom. The van der Waals surface area contributed by atoms with Crippen molar-refractivity contribution < 1.29 is 23.4 Å². The number of amides is 1. The van der Waals surface area contributed by atoms with Crippen LogP contribution in [-0.4, -0.2) is 122 Å². The van der Waals surface area contributed by atoms with Crippen molar-refractivity contribution in [2.75, 3.05) is 77.7 Å². The number of hydrogen-bond acceptors (Lipinski definition) is 8. The summed E-state index contributed by atoms with van der Waals surface area (Å²) in [6.45, 7) is 7.61. The van der Waals surface area contributed by atoms with Gasteiger partial charge >= 0.3 is 6.09 Å². The Balaban J connectivity index is 1.11. The minimum atomic E-state index is -0.318. The van der Waals surface area contributed by atoms with E-state index in [9.17, 15) is 9.18 Å². The lowest BCUT2D eigenvalue weighted by Crippen LogP contribution is -2.53. The van der Waals surface area contributed by atoms with Gasteiger partial charge in [-0.05, 0) is 38.0 Å². The number of nitrogens with zero attached hydrogens (tertiary/aromatic N) is 6. The van der Waals surface area contributed by atoms with E-state index in [1.54, 1.807) is 12.0 Å². The second-order valence-corrected chi connectivity index (χ2v) is 11.3. The average molecular weight is 555 g/mol. The lowest BCUT2D eigenvalue weighted by atomic mass is 9.77. The molecule has 10 nitrogen and oxygen atoms in total. The molecule has 4 aliphatic rings. The van der Waals surface area contributed by atoms with E-state index in [4.69, 9.17) is 19.2 Å². The smallest absolute Gasteiger partial charge is 0.410 e. The summed E-state index contributed by atoms with van der Waals surface area (Å²) in [4.78, 5) is 23.7. The summed E-state index contributed by atoms with van der Waals surface area (Å²) >= 11 is 0. The number of fused-ring (bicyclic) bond motifs is 1. The number of rotatable bonds is 7. The molecule has 0 saturated carbocycles. The van der Waals surface area contributed by atoms with Gasteiger partial charge in [0.1, 0.15) is 6.67 Å². The molecule has 3 saturated heterocycles. The SMILES string of the molecule is COC1(C2C=CC(c3cc4c(N5CCN(C(=O)OC6COC6)CC5)ccnn4c3)=NC2)CCN(C(C)CF)CC1. The predicted molar refractivity (Wildman–Crippen MR) is 150 cm³/mol. The Bertz CT molecular complexity index is 1260. The van der Waals surface area contributed by atoms with Crippen LogP contribution < -0.4 is 4.90 Å². The van der Waals surface area contributed by atoms with Crippen LogP contribution in [0.1, 0.15) is 25.3 Å². The number of carbonyl (C=O) groups excluding carboxylic acids is 1. The van der Waals surface area contributed by atoms with Crippen LogP contribution in [0.3, 0.4) is 0 Å². The second kappa shape index (κ2) is 11.5. The van der Waals surface area contributed by atoms with Crippen molar-refractivity contribution in [1.82, 2.24) is 19.4 Å². The number of hydrogen-bond donors (Lipinski definition) is 0. The van der Waals surface area contributed by atoms with E-state index in [0.29, 0.717) is 32.8 Å². The Morgan fingerprint density at radius 1 is 1.20 bits per heavy atom. The lowest BCUT2D eigenvalue weighted by molar-refractivity contribution is -0.104. The number of piperazine rings is 1. The number of halogens is 1.